The number of amides is 2. The highest BCUT2D eigenvalue weighted by atomic mass is 32.2. The fourth-order valence-corrected chi connectivity index (χ4v) is 7.91. The summed E-state index contributed by atoms with van der Waals surface area (Å²) in [6, 6.07) is 11.4. The van der Waals surface area contributed by atoms with Gasteiger partial charge in [-0.2, -0.15) is 0 Å². The summed E-state index contributed by atoms with van der Waals surface area (Å²) in [6.07, 6.45) is 3.08. The van der Waals surface area contributed by atoms with Crippen LogP contribution in [0, 0.1) is 5.82 Å². The summed E-state index contributed by atoms with van der Waals surface area (Å²) in [6.45, 7) is 0.489. The minimum Gasteiger partial charge on any atom is -0.469 e. The lowest BCUT2D eigenvalue weighted by Gasteiger charge is -2.41. The topological polar surface area (TPSA) is 70.1 Å². The van der Waals surface area contributed by atoms with Crippen molar-refractivity contribution in [3.8, 4) is 0 Å². The van der Waals surface area contributed by atoms with Crippen LogP contribution in [0.3, 0.4) is 0 Å². The molecule has 0 bridgehead atoms. The molecule has 6 rings (SSSR count). The Hall–Kier alpha value is -2.95. The van der Waals surface area contributed by atoms with Gasteiger partial charge in [0.15, 0.2) is 5.54 Å². The van der Waals surface area contributed by atoms with E-state index in [4.69, 9.17) is 21.1 Å². The van der Waals surface area contributed by atoms with Crippen molar-refractivity contribution in [2.24, 2.45) is 0 Å². The van der Waals surface area contributed by atoms with Gasteiger partial charge in [0.25, 0.3) is 5.91 Å². The molecular formula is C24H20FN3O4S2. The zero-order valence-electron chi connectivity index (χ0n) is 18.4. The number of nitrogens with zero attached hydrogens (tertiary/aromatic N) is 3. The van der Waals surface area contributed by atoms with Crippen molar-refractivity contribution in [1.82, 2.24) is 9.80 Å². The van der Waals surface area contributed by atoms with E-state index in [0.717, 1.165) is 0 Å². The Morgan fingerprint density at radius 3 is 2.59 bits per heavy atom. The van der Waals surface area contributed by atoms with Crippen molar-refractivity contribution in [2.45, 2.75) is 22.7 Å². The van der Waals surface area contributed by atoms with E-state index in [1.54, 1.807) is 50.7 Å². The first kappa shape index (κ1) is 21.6. The first-order valence-corrected chi connectivity index (χ1v) is 11.9. The second-order valence-corrected chi connectivity index (χ2v) is 10.6. The second kappa shape index (κ2) is 7.27. The summed E-state index contributed by atoms with van der Waals surface area (Å²) < 4.78 is 24.8. The summed E-state index contributed by atoms with van der Waals surface area (Å²) in [7, 11) is 3.45. The number of rotatable bonds is 3. The number of fused-ring (bicyclic) bond motifs is 3. The molecule has 0 aliphatic carbocycles. The SMILES string of the molecule is CN1C(=O)C2(c3cc(F)ccc31)N(C)CC(c1ccco1)C21SC(=S)N(Cc2ccco2)C1=O. The molecule has 3 aliphatic rings. The molecule has 7 nitrogen and oxygen atoms in total. The van der Waals surface area contributed by atoms with Crippen LogP contribution in [0.4, 0.5) is 10.1 Å². The number of likely N-dealkylation sites (tertiary alicyclic amines) is 1. The van der Waals surface area contributed by atoms with E-state index >= 15 is 0 Å². The summed E-state index contributed by atoms with van der Waals surface area (Å²) in [5.74, 6) is -0.443. The van der Waals surface area contributed by atoms with Crippen LogP contribution in [0.25, 0.3) is 0 Å². The van der Waals surface area contributed by atoms with Crippen molar-refractivity contribution < 1.29 is 22.8 Å². The van der Waals surface area contributed by atoms with Crippen LogP contribution in [0.5, 0.6) is 0 Å². The minimum absolute atomic E-state index is 0.143. The van der Waals surface area contributed by atoms with E-state index in [-0.39, 0.29) is 18.4 Å². The van der Waals surface area contributed by atoms with Gasteiger partial charge in [-0.1, -0.05) is 24.0 Å². The molecule has 2 amide bonds. The molecule has 34 heavy (non-hydrogen) atoms. The minimum atomic E-state index is -1.47. The Labute approximate surface area is 204 Å². The molecule has 174 valence electrons. The van der Waals surface area contributed by atoms with Crippen molar-refractivity contribution >= 4 is 45.8 Å². The predicted octanol–water partition coefficient (Wildman–Crippen LogP) is 3.71. The number of carbonyl (C=O) groups excluding carboxylic acids is 2. The zero-order chi connectivity index (χ0) is 23.8. The number of furan rings is 2. The molecule has 2 spiro atoms. The van der Waals surface area contributed by atoms with Crippen LogP contribution < -0.4 is 4.90 Å². The highest BCUT2D eigenvalue weighted by Crippen LogP contribution is 2.66. The standard InChI is InChI=1S/C24H20FN3O4S2/c1-26-13-17(19-6-4-10-32-19)24(21(30)28(22(33)34-24)12-15-5-3-9-31-15)23(26)16-11-14(25)7-8-18(16)27(2)20(23)29/h3-11,17H,12-13H2,1-2H3. The van der Waals surface area contributed by atoms with Crippen LogP contribution in [0.15, 0.2) is 63.8 Å². The normalized spacial score (nSPS) is 28.8. The highest BCUT2D eigenvalue weighted by Gasteiger charge is 2.79. The van der Waals surface area contributed by atoms with Crippen molar-refractivity contribution in [2.75, 3.05) is 25.5 Å². The summed E-state index contributed by atoms with van der Waals surface area (Å²) in [5.41, 5.74) is -0.443. The fourth-order valence-electron chi connectivity index (χ4n) is 5.80. The van der Waals surface area contributed by atoms with Crippen molar-refractivity contribution in [3.63, 3.8) is 0 Å². The first-order chi connectivity index (χ1) is 16.3. The molecule has 2 aromatic heterocycles. The highest BCUT2D eigenvalue weighted by molar-refractivity contribution is 8.25. The molecule has 0 radical (unpaired) electrons. The Balaban J connectivity index is 1.61. The lowest BCUT2D eigenvalue weighted by atomic mass is 9.73. The van der Waals surface area contributed by atoms with Crippen LogP contribution >= 0.6 is 24.0 Å². The van der Waals surface area contributed by atoms with E-state index in [9.17, 15) is 14.0 Å². The third kappa shape index (κ3) is 2.48. The van der Waals surface area contributed by atoms with E-state index in [2.05, 4.69) is 0 Å². The lowest BCUT2D eigenvalue weighted by molar-refractivity contribution is -0.139. The van der Waals surface area contributed by atoms with Gasteiger partial charge in [0.05, 0.1) is 25.0 Å². The average molecular weight is 498 g/mol. The molecule has 0 N–H and O–H groups in total. The number of benzene rings is 1. The summed E-state index contributed by atoms with van der Waals surface area (Å²) >= 11 is 6.90. The van der Waals surface area contributed by atoms with Gasteiger partial charge in [0.2, 0.25) is 5.91 Å². The van der Waals surface area contributed by atoms with Gasteiger partial charge < -0.3 is 13.7 Å². The maximum absolute atomic E-state index is 14.6. The number of likely N-dealkylation sites (N-methyl/N-ethyl adjacent to an activating group) is 2. The molecule has 10 heteroatoms. The van der Waals surface area contributed by atoms with Crippen molar-refractivity contribution in [1.29, 1.82) is 0 Å². The maximum Gasteiger partial charge on any atom is 0.254 e. The monoisotopic (exact) mass is 497 g/mol. The van der Waals surface area contributed by atoms with Crippen LogP contribution in [0.1, 0.15) is 23.0 Å². The molecule has 3 unspecified atom stereocenters. The molecule has 2 fully saturated rings. The number of anilines is 1. The predicted molar refractivity (Wildman–Crippen MR) is 128 cm³/mol. The number of thiocarbonyl (C=S) groups is 1. The molecule has 3 aromatic rings. The zero-order valence-corrected chi connectivity index (χ0v) is 20.0. The molecule has 2 saturated heterocycles. The Kier molecular flexibility index (Phi) is 4.61. The van der Waals surface area contributed by atoms with Gasteiger partial charge in [-0.05, 0) is 49.5 Å². The van der Waals surface area contributed by atoms with E-state index in [0.29, 0.717) is 33.6 Å². The number of hydrogen-bond donors (Lipinski definition) is 0. The third-order valence-corrected chi connectivity index (χ3v) is 9.14. The largest absolute Gasteiger partial charge is 0.469 e. The number of halogens is 1. The van der Waals surface area contributed by atoms with Gasteiger partial charge in [-0.3, -0.25) is 19.4 Å². The smallest absolute Gasteiger partial charge is 0.254 e. The van der Waals surface area contributed by atoms with Crippen LogP contribution in [-0.2, 0) is 21.7 Å². The second-order valence-electron chi connectivity index (χ2n) is 8.76. The molecule has 3 aliphatic heterocycles. The van der Waals surface area contributed by atoms with Crippen LogP contribution in [-0.4, -0.2) is 51.3 Å². The number of hydrogen-bond acceptors (Lipinski definition) is 7. The Morgan fingerprint density at radius 2 is 1.88 bits per heavy atom. The van der Waals surface area contributed by atoms with Crippen molar-refractivity contribution in [3.05, 3.63) is 77.9 Å². The lowest BCUT2D eigenvalue weighted by Crippen LogP contribution is -2.62. The summed E-state index contributed by atoms with van der Waals surface area (Å²) in [5, 5.41) is 0. The van der Waals surface area contributed by atoms with E-state index in [1.165, 1.54) is 40.0 Å². The fraction of sp³-hybridized carbons (Fsp3) is 0.292. The number of thioether (sulfide) groups is 1. The quantitative estimate of drug-likeness (QED) is 0.511. The van der Waals surface area contributed by atoms with Gasteiger partial charge in [0.1, 0.15) is 26.4 Å². The molecular weight excluding hydrogens is 477 g/mol. The van der Waals surface area contributed by atoms with Crippen LogP contribution in [0.2, 0.25) is 0 Å². The Morgan fingerprint density at radius 1 is 1.12 bits per heavy atom. The van der Waals surface area contributed by atoms with Gasteiger partial charge >= 0.3 is 0 Å². The van der Waals surface area contributed by atoms with Gasteiger partial charge in [0, 0.05) is 24.8 Å². The molecule has 1 aromatic carbocycles. The first-order valence-electron chi connectivity index (χ1n) is 10.7. The number of carbonyl (C=O) groups is 2. The molecule has 3 atom stereocenters. The van der Waals surface area contributed by atoms with Gasteiger partial charge in [-0.15, -0.1) is 0 Å². The summed E-state index contributed by atoms with van der Waals surface area (Å²) in [4.78, 5) is 33.5. The van der Waals surface area contributed by atoms with E-state index < -0.39 is 22.0 Å². The van der Waals surface area contributed by atoms with Gasteiger partial charge in [-0.25, -0.2) is 4.39 Å². The molecule has 5 heterocycles. The Bertz CT molecular complexity index is 1330. The maximum atomic E-state index is 14.6. The average Bonchev–Trinajstić information content (AvgIpc) is 3.61. The molecule has 0 saturated carbocycles. The van der Waals surface area contributed by atoms with E-state index in [1.807, 2.05) is 4.90 Å². The third-order valence-electron chi connectivity index (χ3n) is 7.19.